The molecule has 2 fully saturated rings. The zero-order valence-electron chi connectivity index (χ0n) is 11.9. The Morgan fingerprint density at radius 3 is 2.70 bits per heavy atom. The molecule has 0 unspecified atom stereocenters. The zero-order valence-corrected chi connectivity index (χ0v) is 12.8. The van der Waals surface area contributed by atoms with E-state index in [0.29, 0.717) is 0 Å². The first kappa shape index (κ1) is 15.9. The molecule has 20 heavy (non-hydrogen) atoms. The van der Waals surface area contributed by atoms with E-state index in [1.54, 1.807) is 0 Å². The number of nitrogens with zero attached hydrogens (tertiary/aromatic N) is 2. The van der Waals surface area contributed by atoms with Crippen LogP contribution in [0.1, 0.15) is 26.7 Å². The fraction of sp³-hybridized carbons (Fsp3) is 1.00. The number of rotatable bonds is 4. The van der Waals surface area contributed by atoms with E-state index in [0.717, 1.165) is 32.5 Å². The summed E-state index contributed by atoms with van der Waals surface area (Å²) in [5.74, 6) is 0. The van der Waals surface area contributed by atoms with Crippen molar-refractivity contribution in [1.82, 2.24) is 9.99 Å². The summed E-state index contributed by atoms with van der Waals surface area (Å²) in [6, 6.07) is 0.0366. The largest absolute Gasteiger partial charge is 0.406 e. The monoisotopic (exact) mass is 307 g/mol. The average molecular weight is 307 g/mol. The molecule has 0 aliphatic carbocycles. The second-order valence-corrected chi connectivity index (χ2v) is 7.43. The van der Waals surface area contributed by atoms with Crippen LogP contribution >= 0.6 is 7.75 Å². The van der Waals surface area contributed by atoms with Crippen LogP contribution in [0.5, 0.6) is 0 Å². The Hall–Kier alpha value is -0.530. The van der Waals surface area contributed by atoms with Gasteiger partial charge in [0.1, 0.15) is 13.2 Å². The van der Waals surface area contributed by atoms with Crippen molar-refractivity contribution in [3.8, 4) is 0 Å². The highest BCUT2D eigenvalue weighted by Crippen LogP contribution is 2.49. The highest BCUT2D eigenvalue weighted by Gasteiger charge is 2.48. The quantitative estimate of drug-likeness (QED) is 0.474. The molecular weight excluding hydrogens is 285 g/mol. The Kier molecular flexibility index (Phi) is 4.81. The summed E-state index contributed by atoms with van der Waals surface area (Å²) in [6.07, 6.45) is 1.93. The number of piperidine rings is 1. The molecule has 1 N–H and O–H groups in total. The molecule has 2 heterocycles. The summed E-state index contributed by atoms with van der Waals surface area (Å²) >= 11 is 0. The van der Waals surface area contributed by atoms with Gasteiger partial charge < -0.3 is 4.90 Å². The molecule has 8 nitrogen and oxygen atoms in total. The Bertz CT molecular complexity index is 407. The normalized spacial score (nSPS) is 39.6. The minimum Gasteiger partial charge on any atom is -0.302 e. The molecule has 2 rings (SSSR count). The van der Waals surface area contributed by atoms with Crippen LogP contribution in [0.3, 0.4) is 0 Å². The maximum absolute atomic E-state index is 12.4. The lowest BCUT2D eigenvalue weighted by atomic mass is 10.1. The third-order valence-electron chi connectivity index (χ3n) is 3.83. The molecule has 2 saturated heterocycles. The molecule has 0 spiro atoms. The van der Waals surface area contributed by atoms with Gasteiger partial charge in [-0.1, -0.05) is 6.92 Å². The van der Waals surface area contributed by atoms with Crippen LogP contribution in [0.2, 0.25) is 0 Å². The van der Waals surface area contributed by atoms with E-state index in [4.69, 9.17) is 9.05 Å². The number of likely N-dealkylation sites (tertiary alicyclic amines) is 1. The number of hydrogen-bond acceptors (Lipinski definition) is 6. The first-order valence-corrected chi connectivity index (χ1v) is 8.45. The van der Waals surface area contributed by atoms with E-state index in [9.17, 15) is 14.7 Å². The fourth-order valence-corrected chi connectivity index (χ4v) is 4.16. The maximum Gasteiger partial charge on any atom is 0.406 e. The second kappa shape index (κ2) is 6.07. The van der Waals surface area contributed by atoms with Crippen molar-refractivity contribution < 1.29 is 18.5 Å². The summed E-state index contributed by atoms with van der Waals surface area (Å²) in [5.41, 5.74) is -1.32. The molecule has 9 heteroatoms. The number of nitrogens with one attached hydrogen (secondary N) is 1. The molecule has 1 atom stereocenters. The van der Waals surface area contributed by atoms with E-state index in [-0.39, 0.29) is 19.3 Å². The smallest absolute Gasteiger partial charge is 0.302 e. The van der Waals surface area contributed by atoms with Crippen molar-refractivity contribution in [2.45, 2.75) is 38.3 Å². The lowest BCUT2D eigenvalue weighted by Crippen LogP contribution is -2.50. The molecule has 0 aromatic carbocycles. The van der Waals surface area contributed by atoms with Gasteiger partial charge in [0.15, 0.2) is 0 Å². The Morgan fingerprint density at radius 2 is 2.15 bits per heavy atom. The van der Waals surface area contributed by atoms with Crippen LogP contribution in [-0.4, -0.2) is 54.3 Å². The van der Waals surface area contributed by atoms with E-state index >= 15 is 0 Å². The van der Waals surface area contributed by atoms with Crippen molar-refractivity contribution in [2.24, 2.45) is 0 Å². The predicted octanol–water partition coefficient (Wildman–Crippen LogP) is 1.25. The Labute approximate surface area is 118 Å². The Balaban J connectivity index is 1.90. The molecule has 2 aliphatic heterocycles. The van der Waals surface area contributed by atoms with Gasteiger partial charge in [0, 0.05) is 24.4 Å². The van der Waals surface area contributed by atoms with Crippen molar-refractivity contribution >= 4 is 7.75 Å². The summed E-state index contributed by atoms with van der Waals surface area (Å²) in [7, 11) is -3.42. The SMILES string of the molecule is CCN1CCC[C@@H](NP2(=O)OCC(C)([N+](=O)[O-])CO2)C1. The van der Waals surface area contributed by atoms with Crippen molar-refractivity contribution in [3.63, 3.8) is 0 Å². The van der Waals surface area contributed by atoms with Crippen LogP contribution in [0.15, 0.2) is 0 Å². The van der Waals surface area contributed by atoms with Gasteiger partial charge in [-0.15, -0.1) is 0 Å². The highest BCUT2D eigenvalue weighted by molar-refractivity contribution is 7.51. The van der Waals surface area contributed by atoms with Gasteiger partial charge in [-0.2, -0.15) is 0 Å². The zero-order chi connectivity index (χ0) is 14.8. The van der Waals surface area contributed by atoms with E-state index < -0.39 is 18.2 Å². The maximum atomic E-state index is 12.4. The third kappa shape index (κ3) is 3.56. The van der Waals surface area contributed by atoms with Crippen molar-refractivity contribution in [1.29, 1.82) is 0 Å². The molecule has 0 aromatic heterocycles. The van der Waals surface area contributed by atoms with Crippen molar-refractivity contribution in [3.05, 3.63) is 10.1 Å². The second-order valence-electron chi connectivity index (χ2n) is 5.66. The summed E-state index contributed by atoms with van der Waals surface area (Å²) in [4.78, 5) is 12.7. The summed E-state index contributed by atoms with van der Waals surface area (Å²) in [5, 5.41) is 13.8. The first-order chi connectivity index (χ1) is 9.37. The topological polar surface area (TPSA) is 93.9 Å². The average Bonchev–Trinajstić information content (AvgIpc) is 2.42. The van der Waals surface area contributed by atoms with Crippen molar-refractivity contribution in [2.75, 3.05) is 32.8 Å². The first-order valence-electron chi connectivity index (χ1n) is 6.91. The standard InChI is InChI=1S/C11H22N3O5P/c1-3-13-6-4-5-10(7-13)12-20(17)18-8-11(2,9-19-20)14(15)16/h10H,3-9H2,1-2H3,(H,12,17)/t10-,11?,20?/m1/s1. The fourth-order valence-electron chi connectivity index (χ4n) is 2.38. The van der Waals surface area contributed by atoms with Crippen LogP contribution < -0.4 is 5.09 Å². The van der Waals surface area contributed by atoms with Gasteiger partial charge >= 0.3 is 7.75 Å². The van der Waals surface area contributed by atoms with Crippen LogP contribution in [0, 0.1) is 10.1 Å². The van der Waals surface area contributed by atoms with E-state index in [1.165, 1.54) is 6.92 Å². The number of hydrogen-bond donors (Lipinski definition) is 1. The van der Waals surface area contributed by atoms with Crippen LogP contribution in [0.4, 0.5) is 0 Å². The van der Waals surface area contributed by atoms with Gasteiger partial charge in [0.05, 0.1) is 0 Å². The summed E-state index contributed by atoms with van der Waals surface area (Å²) < 4.78 is 22.8. The number of likely N-dealkylation sites (N-methyl/N-ethyl adjacent to an activating group) is 1. The lowest BCUT2D eigenvalue weighted by molar-refractivity contribution is -0.573. The Morgan fingerprint density at radius 1 is 1.50 bits per heavy atom. The molecule has 116 valence electrons. The minimum atomic E-state index is -3.42. The minimum absolute atomic E-state index is 0.0366. The third-order valence-corrected chi connectivity index (χ3v) is 5.44. The van der Waals surface area contributed by atoms with Gasteiger partial charge in [-0.05, 0) is 25.9 Å². The van der Waals surface area contributed by atoms with Gasteiger partial charge in [0.25, 0.3) is 5.54 Å². The molecule has 0 saturated carbocycles. The molecule has 0 radical (unpaired) electrons. The van der Waals surface area contributed by atoms with Gasteiger partial charge in [-0.3, -0.25) is 19.2 Å². The predicted molar refractivity (Wildman–Crippen MR) is 73.2 cm³/mol. The van der Waals surface area contributed by atoms with Gasteiger partial charge in [-0.25, -0.2) is 9.65 Å². The van der Waals surface area contributed by atoms with E-state index in [1.807, 2.05) is 0 Å². The van der Waals surface area contributed by atoms with Crippen LogP contribution in [0.25, 0.3) is 0 Å². The molecule has 0 bridgehead atoms. The molecule has 2 aliphatic rings. The number of nitro groups is 1. The molecule has 0 amide bonds. The summed E-state index contributed by atoms with van der Waals surface area (Å²) in [6.45, 7) is 5.89. The van der Waals surface area contributed by atoms with Gasteiger partial charge in [0.2, 0.25) is 0 Å². The lowest BCUT2D eigenvalue weighted by Gasteiger charge is -2.36. The van der Waals surface area contributed by atoms with E-state index in [2.05, 4.69) is 16.9 Å². The van der Waals surface area contributed by atoms with Crippen LogP contribution in [-0.2, 0) is 13.6 Å². The molecular formula is C11H22N3O5P. The molecule has 0 aromatic rings. The highest BCUT2D eigenvalue weighted by atomic mass is 31.2.